The second-order valence-corrected chi connectivity index (χ2v) is 7.61. The standard InChI is InChI=1S/C17H24ClN/c1-16(2)13-8-9-17(16,3)15(10-13)19-11-12-4-6-14(18)7-5-12/h4-7,13,15,19H,8-11H2,1-3H3. The molecule has 2 bridgehead atoms. The Balaban J connectivity index is 1.67. The first-order chi connectivity index (χ1) is 8.93. The summed E-state index contributed by atoms with van der Waals surface area (Å²) in [4.78, 5) is 0. The largest absolute Gasteiger partial charge is 0.309 e. The summed E-state index contributed by atoms with van der Waals surface area (Å²) in [6.07, 6.45) is 4.14. The molecule has 0 radical (unpaired) electrons. The molecule has 2 saturated carbocycles. The number of hydrogen-bond acceptors (Lipinski definition) is 1. The third-order valence-electron chi connectivity index (χ3n) is 6.26. The van der Waals surface area contributed by atoms with E-state index in [0.29, 0.717) is 16.9 Å². The molecular weight excluding hydrogens is 254 g/mol. The first-order valence-electron chi connectivity index (χ1n) is 7.41. The quantitative estimate of drug-likeness (QED) is 0.848. The van der Waals surface area contributed by atoms with Crippen molar-refractivity contribution in [2.24, 2.45) is 16.7 Å². The van der Waals surface area contributed by atoms with E-state index in [1.54, 1.807) is 0 Å². The molecule has 2 heteroatoms. The van der Waals surface area contributed by atoms with Crippen molar-refractivity contribution >= 4 is 11.6 Å². The van der Waals surface area contributed by atoms with E-state index in [0.717, 1.165) is 17.5 Å². The fourth-order valence-corrected chi connectivity index (χ4v) is 4.48. The van der Waals surface area contributed by atoms with Crippen LogP contribution in [0.15, 0.2) is 24.3 Å². The van der Waals surface area contributed by atoms with Crippen LogP contribution in [0, 0.1) is 16.7 Å². The summed E-state index contributed by atoms with van der Waals surface area (Å²) in [7, 11) is 0. The number of benzene rings is 1. The van der Waals surface area contributed by atoms with Crippen molar-refractivity contribution in [3.05, 3.63) is 34.9 Å². The van der Waals surface area contributed by atoms with Crippen molar-refractivity contribution in [3.63, 3.8) is 0 Å². The van der Waals surface area contributed by atoms with Gasteiger partial charge in [-0.3, -0.25) is 0 Å². The van der Waals surface area contributed by atoms with Crippen LogP contribution in [0.25, 0.3) is 0 Å². The van der Waals surface area contributed by atoms with Crippen LogP contribution in [0.3, 0.4) is 0 Å². The van der Waals surface area contributed by atoms with Gasteiger partial charge in [0.15, 0.2) is 0 Å². The van der Waals surface area contributed by atoms with Crippen LogP contribution in [0.1, 0.15) is 45.6 Å². The van der Waals surface area contributed by atoms with Gasteiger partial charge in [-0.2, -0.15) is 0 Å². The lowest BCUT2D eigenvalue weighted by atomic mass is 9.69. The summed E-state index contributed by atoms with van der Waals surface area (Å²) >= 11 is 5.93. The van der Waals surface area contributed by atoms with E-state index in [9.17, 15) is 0 Å². The molecule has 3 unspecified atom stereocenters. The van der Waals surface area contributed by atoms with Crippen LogP contribution >= 0.6 is 11.6 Å². The zero-order chi connectivity index (χ0) is 13.7. The molecule has 2 aliphatic rings. The highest BCUT2D eigenvalue weighted by molar-refractivity contribution is 6.30. The Bertz CT molecular complexity index is 465. The Morgan fingerprint density at radius 3 is 2.42 bits per heavy atom. The van der Waals surface area contributed by atoms with Gasteiger partial charge >= 0.3 is 0 Å². The van der Waals surface area contributed by atoms with Crippen molar-refractivity contribution in [1.82, 2.24) is 5.32 Å². The van der Waals surface area contributed by atoms with Gasteiger partial charge in [-0.05, 0) is 53.7 Å². The summed E-state index contributed by atoms with van der Waals surface area (Å²) in [6.45, 7) is 8.38. The molecule has 2 fully saturated rings. The molecule has 1 aromatic carbocycles. The van der Waals surface area contributed by atoms with Gasteiger partial charge in [-0.1, -0.05) is 44.5 Å². The van der Waals surface area contributed by atoms with Gasteiger partial charge in [0, 0.05) is 17.6 Å². The third-order valence-corrected chi connectivity index (χ3v) is 6.51. The summed E-state index contributed by atoms with van der Waals surface area (Å²) in [5.41, 5.74) is 2.28. The van der Waals surface area contributed by atoms with E-state index >= 15 is 0 Å². The number of fused-ring (bicyclic) bond motifs is 2. The Labute approximate surface area is 121 Å². The lowest BCUT2D eigenvalue weighted by Gasteiger charge is -2.39. The van der Waals surface area contributed by atoms with Crippen LogP contribution in [0.2, 0.25) is 5.02 Å². The molecule has 0 amide bonds. The highest BCUT2D eigenvalue weighted by Crippen LogP contribution is 2.65. The van der Waals surface area contributed by atoms with Crippen molar-refractivity contribution in [3.8, 4) is 0 Å². The maximum atomic E-state index is 5.93. The molecular formula is C17H24ClN. The van der Waals surface area contributed by atoms with Gasteiger partial charge in [-0.15, -0.1) is 0 Å². The molecule has 2 aliphatic carbocycles. The summed E-state index contributed by atoms with van der Waals surface area (Å²) < 4.78 is 0. The molecule has 0 aliphatic heterocycles. The lowest BCUT2D eigenvalue weighted by molar-refractivity contribution is 0.120. The zero-order valence-corrected chi connectivity index (χ0v) is 12.9. The number of halogens is 1. The molecule has 3 atom stereocenters. The fourth-order valence-electron chi connectivity index (χ4n) is 4.36. The first-order valence-corrected chi connectivity index (χ1v) is 7.79. The van der Waals surface area contributed by atoms with Crippen LogP contribution in [0.5, 0.6) is 0 Å². The number of rotatable bonds is 3. The van der Waals surface area contributed by atoms with Crippen LogP contribution in [-0.4, -0.2) is 6.04 Å². The summed E-state index contributed by atoms with van der Waals surface area (Å²) in [5.74, 6) is 0.903. The average Bonchev–Trinajstić information content (AvgIpc) is 2.71. The second-order valence-electron chi connectivity index (χ2n) is 7.17. The lowest BCUT2D eigenvalue weighted by Crippen LogP contribution is -2.44. The predicted octanol–water partition coefficient (Wildman–Crippen LogP) is 4.64. The highest BCUT2D eigenvalue weighted by atomic mass is 35.5. The number of nitrogens with one attached hydrogen (secondary N) is 1. The molecule has 0 saturated heterocycles. The first kappa shape index (κ1) is 13.5. The fraction of sp³-hybridized carbons (Fsp3) is 0.647. The van der Waals surface area contributed by atoms with Crippen LogP contribution in [-0.2, 0) is 6.54 Å². The molecule has 0 spiro atoms. The normalized spacial score (nSPS) is 35.8. The van der Waals surface area contributed by atoms with E-state index in [4.69, 9.17) is 11.6 Å². The van der Waals surface area contributed by atoms with Gasteiger partial charge in [0.05, 0.1) is 0 Å². The molecule has 19 heavy (non-hydrogen) atoms. The van der Waals surface area contributed by atoms with Gasteiger partial charge in [0.25, 0.3) is 0 Å². The minimum Gasteiger partial charge on any atom is -0.309 e. The van der Waals surface area contributed by atoms with Gasteiger partial charge in [0.1, 0.15) is 0 Å². The van der Waals surface area contributed by atoms with Crippen molar-refractivity contribution < 1.29 is 0 Å². The third kappa shape index (κ3) is 2.02. The Morgan fingerprint density at radius 2 is 1.89 bits per heavy atom. The Morgan fingerprint density at radius 1 is 1.21 bits per heavy atom. The molecule has 1 nitrogen and oxygen atoms in total. The van der Waals surface area contributed by atoms with Crippen molar-refractivity contribution in [1.29, 1.82) is 0 Å². The number of hydrogen-bond donors (Lipinski definition) is 1. The van der Waals surface area contributed by atoms with E-state index in [-0.39, 0.29) is 0 Å². The molecule has 0 heterocycles. The predicted molar refractivity (Wildman–Crippen MR) is 81.3 cm³/mol. The topological polar surface area (TPSA) is 12.0 Å². The van der Waals surface area contributed by atoms with Crippen molar-refractivity contribution in [2.75, 3.05) is 0 Å². The zero-order valence-electron chi connectivity index (χ0n) is 12.2. The smallest absolute Gasteiger partial charge is 0.0406 e. The highest BCUT2D eigenvalue weighted by Gasteiger charge is 2.60. The summed E-state index contributed by atoms with van der Waals surface area (Å²) in [5, 5.41) is 4.62. The van der Waals surface area contributed by atoms with Crippen LogP contribution in [0.4, 0.5) is 0 Å². The Kier molecular flexibility index (Phi) is 3.18. The molecule has 0 aromatic heterocycles. The Hall–Kier alpha value is -0.530. The van der Waals surface area contributed by atoms with E-state index in [2.05, 4.69) is 38.2 Å². The van der Waals surface area contributed by atoms with E-state index < -0.39 is 0 Å². The monoisotopic (exact) mass is 277 g/mol. The second kappa shape index (κ2) is 4.49. The maximum Gasteiger partial charge on any atom is 0.0406 e. The molecule has 1 aromatic rings. The van der Waals surface area contributed by atoms with Gasteiger partial charge in [0.2, 0.25) is 0 Å². The minimum atomic E-state index is 0.462. The van der Waals surface area contributed by atoms with Gasteiger partial charge < -0.3 is 5.32 Å². The molecule has 1 N–H and O–H groups in total. The van der Waals surface area contributed by atoms with E-state index in [1.165, 1.54) is 24.8 Å². The SMILES string of the molecule is CC1(C)C2CCC1(C)C(NCc1ccc(Cl)cc1)C2. The maximum absolute atomic E-state index is 5.93. The molecule has 104 valence electrons. The van der Waals surface area contributed by atoms with Crippen molar-refractivity contribution in [2.45, 2.75) is 52.6 Å². The van der Waals surface area contributed by atoms with E-state index in [1.807, 2.05) is 12.1 Å². The van der Waals surface area contributed by atoms with Gasteiger partial charge in [-0.25, -0.2) is 0 Å². The summed E-state index contributed by atoms with van der Waals surface area (Å²) in [6, 6.07) is 8.86. The molecule has 3 rings (SSSR count). The minimum absolute atomic E-state index is 0.462. The van der Waals surface area contributed by atoms with Crippen LogP contribution < -0.4 is 5.32 Å². The average molecular weight is 278 g/mol.